The Kier molecular flexibility index (Phi) is 4.31. The van der Waals surface area contributed by atoms with Crippen LogP contribution in [0.4, 0.5) is 0 Å². The van der Waals surface area contributed by atoms with Crippen LogP contribution < -0.4 is 14.8 Å². The highest BCUT2D eigenvalue weighted by Crippen LogP contribution is 2.35. The Balaban J connectivity index is 1.88. The average molecular weight is 285 g/mol. The predicted octanol–water partition coefficient (Wildman–Crippen LogP) is 2.21. The number of hydrogen-bond donors (Lipinski definition) is 1. The van der Waals surface area contributed by atoms with Gasteiger partial charge in [0.2, 0.25) is 0 Å². The van der Waals surface area contributed by atoms with E-state index in [2.05, 4.69) is 15.3 Å². The summed E-state index contributed by atoms with van der Waals surface area (Å²) in [6, 6.07) is 7.71. The van der Waals surface area contributed by atoms with Gasteiger partial charge in [0.1, 0.15) is 12.4 Å². The molecule has 1 fully saturated rings. The largest absolute Gasteiger partial charge is 0.493 e. The molecule has 3 rings (SSSR count). The summed E-state index contributed by atoms with van der Waals surface area (Å²) in [5.74, 6) is 1.90. The monoisotopic (exact) mass is 285 g/mol. The van der Waals surface area contributed by atoms with Gasteiger partial charge in [0.05, 0.1) is 7.11 Å². The van der Waals surface area contributed by atoms with Gasteiger partial charge in [0.25, 0.3) is 0 Å². The number of hydrogen-bond acceptors (Lipinski definition) is 5. The highest BCUT2D eigenvalue weighted by Gasteiger charge is 2.29. The summed E-state index contributed by atoms with van der Waals surface area (Å²) >= 11 is 0. The third-order valence-corrected chi connectivity index (χ3v) is 3.76. The zero-order valence-electron chi connectivity index (χ0n) is 12.0. The van der Waals surface area contributed by atoms with Crippen LogP contribution in [-0.4, -0.2) is 30.2 Å². The third kappa shape index (κ3) is 3.13. The Hall–Kier alpha value is -2.14. The fourth-order valence-corrected chi connectivity index (χ4v) is 2.68. The lowest BCUT2D eigenvalue weighted by molar-refractivity contribution is 0.138. The molecule has 0 bridgehead atoms. The summed E-state index contributed by atoms with van der Waals surface area (Å²) in [6.45, 7) is 1.96. The van der Waals surface area contributed by atoms with Crippen molar-refractivity contribution in [2.24, 2.45) is 5.92 Å². The molecule has 5 nitrogen and oxygen atoms in total. The highest BCUT2D eigenvalue weighted by molar-refractivity contribution is 5.40. The summed E-state index contributed by atoms with van der Waals surface area (Å²) in [4.78, 5) is 8.24. The van der Waals surface area contributed by atoms with Crippen molar-refractivity contribution in [1.29, 1.82) is 0 Å². The molecular weight excluding hydrogens is 266 g/mol. The number of benzene rings is 1. The van der Waals surface area contributed by atoms with Crippen molar-refractivity contribution in [2.45, 2.75) is 12.5 Å². The molecule has 0 radical (unpaired) electrons. The molecule has 1 saturated heterocycles. The van der Waals surface area contributed by atoms with E-state index >= 15 is 0 Å². The van der Waals surface area contributed by atoms with Crippen LogP contribution in [-0.2, 0) is 0 Å². The Bertz CT molecular complexity index is 571. The maximum absolute atomic E-state index is 6.26. The summed E-state index contributed by atoms with van der Waals surface area (Å²) in [7, 11) is 1.65. The van der Waals surface area contributed by atoms with E-state index in [1.165, 1.54) is 6.33 Å². The smallest absolute Gasteiger partial charge is 0.162 e. The second kappa shape index (κ2) is 6.54. The maximum atomic E-state index is 6.26. The van der Waals surface area contributed by atoms with Gasteiger partial charge in [0.15, 0.2) is 11.5 Å². The molecule has 110 valence electrons. The van der Waals surface area contributed by atoms with Gasteiger partial charge in [-0.25, -0.2) is 9.97 Å². The van der Waals surface area contributed by atoms with Gasteiger partial charge in [0, 0.05) is 30.4 Å². The number of aromatic nitrogens is 2. The maximum Gasteiger partial charge on any atom is 0.162 e. The zero-order chi connectivity index (χ0) is 14.5. The standard InChI is InChI=1S/C16H19N3O2/c1-20-14-4-2-3-5-15(14)21-16(12-6-7-17-8-12)13-9-18-11-19-10-13/h2-5,9-12,16-17H,6-8H2,1H3/t12?,16-/m0/s1. The first kappa shape index (κ1) is 13.8. The van der Waals surface area contributed by atoms with Crippen LogP contribution in [0.3, 0.4) is 0 Å². The number of rotatable bonds is 5. The number of ether oxygens (including phenoxy) is 2. The molecule has 0 aliphatic carbocycles. The molecule has 5 heteroatoms. The van der Waals surface area contributed by atoms with Gasteiger partial charge in [-0.3, -0.25) is 0 Å². The van der Waals surface area contributed by atoms with E-state index < -0.39 is 0 Å². The molecule has 2 heterocycles. The van der Waals surface area contributed by atoms with E-state index in [4.69, 9.17) is 9.47 Å². The van der Waals surface area contributed by atoms with Crippen molar-refractivity contribution in [3.05, 3.63) is 48.5 Å². The van der Waals surface area contributed by atoms with Crippen LogP contribution in [0.1, 0.15) is 18.1 Å². The molecule has 2 atom stereocenters. The Morgan fingerprint density at radius 1 is 1.19 bits per heavy atom. The van der Waals surface area contributed by atoms with Crippen LogP contribution in [0, 0.1) is 5.92 Å². The van der Waals surface area contributed by atoms with E-state index in [1.54, 1.807) is 7.11 Å². The van der Waals surface area contributed by atoms with Crippen LogP contribution in [0.5, 0.6) is 11.5 Å². The average Bonchev–Trinajstić information content (AvgIpc) is 3.08. The van der Waals surface area contributed by atoms with E-state index in [-0.39, 0.29) is 6.10 Å². The second-order valence-electron chi connectivity index (χ2n) is 5.11. The molecule has 21 heavy (non-hydrogen) atoms. The Morgan fingerprint density at radius 3 is 2.62 bits per heavy atom. The first-order valence-electron chi connectivity index (χ1n) is 7.14. The molecule has 2 aromatic rings. The van der Waals surface area contributed by atoms with E-state index in [1.807, 2.05) is 36.7 Å². The first-order valence-corrected chi connectivity index (χ1v) is 7.14. The van der Waals surface area contributed by atoms with Gasteiger partial charge >= 0.3 is 0 Å². The number of methoxy groups -OCH3 is 1. The highest BCUT2D eigenvalue weighted by atomic mass is 16.5. The zero-order valence-corrected chi connectivity index (χ0v) is 12.0. The molecule has 1 aromatic heterocycles. The molecule has 0 spiro atoms. The van der Waals surface area contributed by atoms with Crippen molar-refractivity contribution >= 4 is 0 Å². The fraction of sp³-hybridized carbons (Fsp3) is 0.375. The Morgan fingerprint density at radius 2 is 1.95 bits per heavy atom. The summed E-state index contributed by atoms with van der Waals surface area (Å²) < 4.78 is 11.6. The molecule has 0 saturated carbocycles. The van der Waals surface area contributed by atoms with E-state index in [0.717, 1.165) is 36.6 Å². The number of nitrogens with zero attached hydrogens (tertiary/aromatic N) is 2. The first-order chi connectivity index (χ1) is 10.4. The lowest BCUT2D eigenvalue weighted by atomic mass is 9.96. The molecule has 1 aliphatic heterocycles. The van der Waals surface area contributed by atoms with Crippen LogP contribution >= 0.6 is 0 Å². The Labute approximate surface area is 124 Å². The van der Waals surface area contributed by atoms with Crippen molar-refractivity contribution in [1.82, 2.24) is 15.3 Å². The van der Waals surface area contributed by atoms with Gasteiger partial charge in [-0.15, -0.1) is 0 Å². The topological polar surface area (TPSA) is 56.3 Å². The summed E-state index contributed by atoms with van der Waals surface area (Å²) in [5.41, 5.74) is 0.997. The van der Waals surface area contributed by atoms with Crippen molar-refractivity contribution in [3.8, 4) is 11.5 Å². The minimum atomic E-state index is -0.0718. The third-order valence-electron chi connectivity index (χ3n) is 3.76. The molecule has 1 aliphatic rings. The number of nitrogens with one attached hydrogen (secondary N) is 1. The SMILES string of the molecule is COc1ccccc1O[C@H](c1cncnc1)C1CCNC1. The second-order valence-corrected chi connectivity index (χ2v) is 5.11. The van der Waals surface area contributed by atoms with Gasteiger partial charge in [-0.05, 0) is 25.1 Å². The van der Waals surface area contributed by atoms with Gasteiger partial charge in [-0.1, -0.05) is 12.1 Å². The van der Waals surface area contributed by atoms with Gasteiger partial charge in [-0.2, -0.15) is 0 Å². The predicted molar refractivity (Wildman–Crippen MR) is 79.4 cm³/mol. The van der Waals surface area contributed by atoms with Gasteiger partial charge < -0.3 is 14.8 Å². The molecule has 0 amide bonds. The van der Waals surface area contributed by atoms with Crippen molar-refractivity contribution < 1.29 is 9.47 Å². The van der Waals surface area contributed by atoms with Crippen LogP contribution in [0.2, 0.25) is 0 Å². The lowest BCUT2D eigenvalue weighted by Gasteiger charge is -2.25. The molecule has 1 N–H and O–H groups in total. The minimum absolute atomic E-state index is 0.0718. The lowest BCUT2D eigenvalue weighted by Crippen LogP contribution is -2.22. The fourth-order valence-electron chi connectivity index (χ4n) is 2.68. The summed E-state index contributed by atoms with van der Waals surface area (Å²) in [5, 5.41) is 3.38. The quantitative estimate of drug-likeness (QED) is 0.913. The van der Waals surface area contributed by atoms with Crippen molar-refractivity contribution in [3.63, 3.8) is 0 Å². The van der Waals surface area contributed by atoms with Crippen molar-refractivity contribution in [2.75, 3.05) is 20.2 Å². The van der Waals surface area contributed by atoms with Crippen LogP contribution in [0.25, 0.3) is 0 Å². The van der Waals surface area contributed by atoms with E-state index in [0.29, 0.717) is 5.92 Å². The normalized spacial score (nSPS) is 19.2. The molecule has 1 aromatic carbocycles. The molecular formula is C16H19N3O2. The van der Waals surface area contributed by atoms with E-state index in [9.17, 15) is 0 Å². The van der Waals surface area contributed by atoms with Crippen LogP contribution in [0.15, 0.2) is 43.0 Å². The molecule has 1 unspecified atom stereocenters. The minimum Gasteiger partial charge on any atom is -0.493 e. The summed E-state index contributed by atoms with van der Waals surface area (Å²) in [6.07, 6.45) is 6.19. The number of para-hydroxylation sites is 2.